The fraction of sp³-hybridized carbons (Fsp3) is 0.278. The Morgan fingerprint density at radius 2 is 1.92 bits per heavy atom. The molecule has 0 atom stereocenters. The van der Waals surface area contributed by atoms with Gasteiger partial charge in [-0.25, -0.2) is 17.5 Å². The van der Waals surface area contributed by atoms with Crippen LogP contribution >= 0.6 is 0 Å². The molecule has 132 valence electrons. The van der Waals surface area contributed by atoms with Gasteiger partial charge in [0.15, 0.2) is 0 Å². The molecule has 1 N–H and O–H groups in total. The summed E-state index contributed by atoms with van der Waals surface area (Å²) in [5.74, 6) is -0.751. The van der Waals surface area contributed by atoms with Crippen molar-refractivity contribution in [3.63, 3.8) is 0 Å². The first-order chi connectivity index (χ1) is 11.9. The number of fused-ring (bicyclic) bond motifs is 1. The van der Waals surface area contributed by atoms with Gasteiger partial charge in [0, 0.05) is 13.1 Å². The second kappa shape index (κ2) is 6.93. The van der Waals surface area contributed by atoms with Crippen LogP contribution in [0.1, 0.15) is 16.7 Å². The van der Waals surface area contributed by atoms with Gasteiger partial charge < -0.3 is 4.90 Å². The average molecular weight is 362 g/mol. The normalized spacial score (nSPS) is 14.2. The maximum absolute atomic E-state index is 13.3. The highest BCUT2D eigenvalue weighted by atomic mass is 32.2. The summed E-state index contributed by atoms with van der Waals surface area (Å²) in [5.41, 5.74) is 2.54. The third-order valence-electron chi connectivity index (χ3n) is 4.34. The van der Waals surface area contributed by atoms with Gasteiger partial charge in [-0.15, -0.1) is 0 Å². The second-order valence-electron chi connectivity index (χ2n) is 6.07. The molecule has 2 aromatic carbocycles. The summed E-state index contributed by atoms with van der Waals surface area (Å²) < 4.78 is 40.1. The predicted molar refractivity (Wildman–Crippen MR) is 91.9 cm³/mol. The van der Waals surface area contributed by atoms with Crippen LogP contribution in [0, 0.1) is 12.7 Å². The molecule has 0 aliphatic carbocycles. The van der Waals surface area contributed by atoms with E-state index >= 15 is 0 Å². The van der Waals surface area contributed by atoms with E-state index in [4.69, 9.17) is 0 Å². The first kappa shape index (κ1) is 17.6. The highest BCUT2D eigenvalue weighted by Crippen LogP contribution is 2.18. The zero-order valence-corrected chi connectivity index (χ0v) is 14.6. The lowest BCUT2D eigenvalue weighted by Crippen LogP contribution is -2.42. The van der Waals surface area contributed by atoms with E-state index in [0.29, 0.717) is 13.1 Å². The lowest BCUT2D eigenvalue weighted by Gasteiger charge is -2.29. The number of rotatable bonds is 4. The summed E-state index contributed by atoms with van der Waals surface area (Å²) in [6.45, 7) is 2.21. The first-order valence-corrected chi connectivity index (χ1v) is 9.45. The van der Waals surface area contributed by atoms with Crippen LogP contribution in [0.5, 0.6) is 0 Å². The maximum Gasteiger partial charge on any atom is 0.241 e. The molecule has 0 saturated carbocycles. The summed E-state index contributed by atoms with van der Waals surface area (Å²) >= 11 is 0. The van der Waals surface area contributed by atoms with Crippen molar-refractivity contribution in [1.29, 1.82) is 0 Å². The lowest BCUT2D eigenvalue weighted by molar-refractivity contribution is -0.130. The highest BCUT2D eigenvalue weighted by molar-refractivity contribution is 7.89. The van der Waals surface area contributed by atoms with E-state index in [1.54, 1.807) is 4.90 Å². The number of aryl methyl sites for hydroxylation is 1. The zero-order chi connectivity index (χ0) is 18.0. The summed E-state index contributed by atoms with van der Waals surface area (Å²) in [7, 11) is -3.86. The molecule has 0 aromatic heterocycles. The van der Waals surface area contributed by atoms with Crippen LogP contribution in [0.3, 0.4) is 0 Å². The molecule has 0 spiro atoms. The Hall–Kier alpha value is -2.25. The molecule has 1 aliphatic rings. The van der Waals surface area contributed by atoms with Crippen LogP contribution in [0.2, 0.25) is 0 Å². The number of benzene rings is 2. The van der Waals surface area contributed by atoms with E-state index in [1.807, 2.05) is 24.3 Å². The number of amides is 1. The third-order valence-corrected chi connectivity index (χ3v) is 5.74. The molecular weight excluding hydrogens is 343 g/mol. The van der Waals surface area contributed by atoms with E-state index < -0.39 is 15.8 Å². The van der Waals surface area contributed by atoms with Gasteiger partial charge in [0.25, 0.3) is 0 Å². The minimum atomic E-state index is -3.86. The largest absolute Gasteiger partial charge is 0.337 e. The third kappa shape index (κ3) is 3.88. The average Bonchev–Trinajstić information content (AvgIpc) is 2.61. The lowest BCUT2D eigenvalue weighted by atomic mass is 10.00. The smallest absolute Gasteiger partial charge is 0.241 e. The predicted octanol–water partition coefficient (Wildman–Crippen LogP) is 2.00. The molecule has 5 nitrogen and oxygen atoms in total. The Morgan fingerprint density at radius 1 is 1.20 bits per heavy atom. The summed E-state index contributed by atoms with van der Waals surface area (Å²) in [4.78, 5) is 13.9. The standard InChI is InChI=1S/C18H19FN2O3S/c1-13-10-16(6-7-17(13)19)25(23,24)20-11-18(22)21-9-8-14-4-2-3-5-15(14)12-21/h2-7,10,20H,8-9,11-12H2,1H3. The molecule has 0 unspecified atom stereocenters. The molecule has 3 rings (SSSR count). The number of nitrogens with one attached hydrogen (secondary N) is 1. The van der Waals surface area contributed by atoms with Crippen LogP contribution in [-0.4, -0.2) is 32.3 Å². The molecule has 1 amide bonds. The van der Waals surface area contributed by atoms with Gasteiger partial charge in [-0.3, -0.25) is 4.79 Å². The van der Waals surface area contributed by atoms with E-state index in [1.165, 1.54) is 24.6 Å². The number of carbonyl (C=O) groups is 1. The molecular formula is C18H19FN2O3S. The first-order valence-electron chi connectivity index (χ1n) is 7.97. The number of sulfonamides is 1. The zero-order valence-electron chi connectivity index (χ0n) is 13.8. The summed E-state index contributed by atoms with van der Waals surface area (Å²) in [5, 5.41) is 0. The molecule has 1 heterocycles. The number of nitrogens with zero attached hydrogens (tertiary/aromatic N) is 1. The topological polar surface area (TPSA) is 66.5 Å². The molecule has 7 heteroatoms. The fourth-order valence-electron chi connectivity index (χ4n) is 2.84. The van der Waals surface area contributed by atoms with Crippen molar-refractivity contribution in [1.82, 2.24) is 9.62 Å². The highest BCUT2D eigenvalue weighted by Gasteiger charge is 2.22. The van der Waals surface area contributed by atoms with E-state index in [2.05, 4.69) is 4.72 Å². The van der Waals surface area contributed by atoms with Gasteiger partial charge in [-0.2, -0.15) is 0 Å². The summed E-state index contributed by atoms with van der Waals surface area (Å²) in [6, 6.07) is 11.4. The molecule has 0 radical (unpaired) electrons. The Morgan fingerprint density at radius 3 is 2.64 bits per heavy atom. The molecule has 0 fully saturated rings. The Kier molecular flexibility index (Phi) is 4.87. The maximum atomic E-state index is 13.3. The fourth-order valence-corrected chi connectivity index (χ4v) is 3.90. The van der Waals surface area contributed by atoms with Crippen molar-refractivity contribution in [3.05, 3.63) is 65.0 Å². The Bertz CT molecular complexity index is 912. The van der Waals surface area contributed by atoms with Crippen molar-refractivity contribution in [2.45, 2.75) is 24.8 Å². The number of hydrogen-bond acceptors (Lipinski definition) is 3. The quantitative estimate of drug-likeness (QED) is 0.905. The molecule has 0 bridgehead atoms. The van der Waals surface area contributed by atoms with Crippen LogP contribution in [0.15, 0.2) is 47.4 Å². The number of carbonyl (C=O) groups excluding carboxylic acids is 1. The van der Waals surface area contributed by atoms with E-state index in [0.717, 1.165) is 18.1 Å². The second-order valence-corrected chi connectivity index (χ2v) is 7.84. The minimum Gasteiger partial charge on any atom is -0.337 e. The van der Waals surface area contributed by atoms with Gasteiger partial charge in [-0.1, -0.05) is 24.3 Å². The van der Waals surface area contributed by atoms with Crippen molar-refractivity contribution >= 4 is 15.9 Å². The molecule has 2 aromatic rings. The van der Waals surface area contributed by atoms with Gasteiger partial charge >= 0.3 is 0 Å². The molecule has 1 aliphatic heterocycles. The van der Waals surface area contributed by atoms with Crippen LogP contribution in [0.25, 0.3) is 0 Å². The minimum absolute atomic E-state index is 0.0526. The van der Waals surface area contributed by atoms with E-state index in [-0.39, 0.29) is 22.9 Å². The SMILES string of the molecule is Cc1cc(S(=O)(=O)NCC(=O)N2CCc3ccccc3C2)ccc1F. The van der Waals surface area contributed by atoms with Crippen molar-refractivity contribution in [2.24, 2.45) is 0 Å². The number of hydrogen-bond donors (Lipinski definition) is 1. The van der Waals surface area contributed by atoms with Gasteiger partial charge in [0.05, 0.1) is 11.4 Å². The van der Waals surface area contributed by atoms with Crippen molar-refractivity contribution < 1.29 is 17.6 Å². The van der Waals surface area contributed by atoms with Gasteiger partial charge in [0.2, 0.25) is 15.9 Å². The van der Waals surface area contributed by atoms with Crippen LogP contribution < -0.4 is 4.72 Å². The van der Waals surface area contributed by atoms with Crippen molar-refractivity contribution in [3.8, 4) is 0 Å². The monoisotopic (exact) mass is 362 g/mol. The van der Waals surface area contributed by atoms with Crippen LogP contribution in [-0.2, 0) is 27.8 Å². The molecule has 0 saturated heterocycles. The van der Waals surface area contributed by atoms with Crippen molar-refractivity contribution in [2.75, 3.05) is 13.1 Å². The van der Waals surface area contributed by atoms with Crippen LogP contribution in [0.4, 0.5) is 4.39 Å². The molecule has 25 heavy (non-hydrogen) atoms. The van der Waals surface area contributed by atoms with Gasteiger partial charge in [0.1, 0.15) is 5.82 Å². The van der Waals surface area contributed by atoms with E-state index in [9.17, 15) is 17.6 Å². The number of halogens is 1. The Labute approximate surface area is 146 Å². The summed E-state index contributed by atoms with van der Waals surface area (Å²) in [6.07, 6.45) is 0.756. The Balaban J connectivity index is 1.65. The van der Waals surface area contributed by atoms with Gasteiger partial charge in [-0.05, 0) is 48.2 Å².